The number of nitrogens with zero attached hydrogens (tertiary/aromatic N) is 5. The molecule has 0 bridgehead atoms. The Hall–Kier alpha value is -0.910. The van der Waals surface area contributed by atoms with Gasteiger partial charge in [-0.25, -0.2) is 4.98 Å². The van der Waals surface area contributed by atoms with Crippen molar-refractivity contribution in [3.8, 4) is 0 Å². The van der Waals surface area contributed by atoms with Gasteiger partial charge in [0.05, 0.1) is 6.33 Å². The van der Waals surface area contributed by atoms with E-state index in [9.17, 15) is 0 Å². The predicted octanol–water partition coefficient (Wildman–Crippen LogP) is 1.60. The Balaban J connectivity index is 1.15. The average Bonchev–Trinajstić information content (AvgIpc) is 3.00. The minimum Gasteiger partial charge on any atom is -0.338 e. The van der Waals surface area contributed by atoms with Gasteiger partial charge in [-0.2, -0.15) is 0 Å². The van der Waals surface area contributed by atoms with Gasteiger partial charge in [0.1, 0.15) is 0 Å². The monoisotopic (exact) mass is 331 g/mol. The summed E-state index contributed by atoms with van der Waals surface area (Å²) in [4.78, 5) is 12.3. The molecule has 0 aromatic carbocycles. The van der Waals surface area contributed by atoms with Crippen LogP contribution in [-0.4, -0.2) is 82.1 Å². The van der Waals surface area contributed by atoms with Crippen molar-refractivity contribution in [2.45, 2.75) is 50.6 Å². The molecule has 3 fully saturated rings. The fourth-order valence-electron chi connectivity index (χ4n) is 4.77. The molecule has 1 aromatic heterocycles. The van der Waals surface area contributed by atoms with Gasteiger partial charge in [-0.05, 0) is 12.8 Å². The Morgan fingerprint density at radius 3 is 2.25 bits per heavy atom. The van der Waals surface area contributed by atoms with Gasteiger partial charge in [0.15, 0.2) is 0 Å². The lowest BCUT2D eigenvalue weighted by atomic mass is 9.93. The highest BCUT2D eigenvalue weighted by Crippen LogP contribution is 2.25. The van der Waals surface area contributed by atoms with Crippen LogP contribution in [0.5, 0.6) is 0 Å². The molecule has 3 aliphatic rings. The zero-order valence-corrected chi connectivity index (χ0v) is 15.2. The Morgan fingerprint density at radius 1 is 0.958 bits per heavy atom. The first-order valence-corrected chi connectivity index (χ1v) is 9.95. The third kappa shape index (κ3) is 3.68. The van der Waals surface area contributed by atoms with Crippen LogP contribution in [0.1, 0.15) is 37.8 Å². The number of imidazole rings is 1. The number of likely N-dealkylation sites (tertiary alicyclic amines) is 1. The molecule has 24 heavy (non-hydrogen) atoms. The van der Waals surface area contributed by atoms with Crippen molar-refractivity contribution < 1.29 is 0 Å². The predicted molar refractivity (Wildman–Crippen MR) is 97.2 cm³/mol. The number of hydrogen-bond donors (Lipinski definition) is 0. The molecular weight excluding hydrogens is 298 g/mol. The summed E-state index contributed by atoms with van der Waals surface area (Å²) in [7, 11) is 2.09. The molecule has 3 heterocycles. The molecule has 0 spiro atoms. The maximum atomic E-state index is 4.21. The molecule has 2 saturated heterocycles. The lowest BCUT2D eigenvalue weighted by Gasteiger charge is -2.49. The fourth-order valence-corrected chi connectivity index (χ4v) is 4.77. The smallest absolute Gasteiger partial charge is 0.0945 e. The van der Waals surface area contributed by atoms with Gasteiger partial charge in [-0.15, -0.1) is 0 Å². The van der Waals surface area contributed by atoms with E-state index in [4.69, 9.17) is 0 Å². The van der Waals surface area contributed by atoms with Crippen LogP contribution in [0.4, 0.5) is 0 Å². The number of hydrogen-bond acceptors (Lipinski definition) is 4. The van der Waals surface area contributed by atoms with E-state index in [1.54, 1.807) is 0 Å². The van der Waals surface area contributed by atoms with Crippen LogP contribution in [0, 0.1) is 0 Å². The molecule has 1 saturated carbocycles. The van der Waals surface area contributed by atoms with Crippen LogP contribution in [0.25, 0.3) is 0 Å². The third-order valence-electron chi connectivity index (χ3n) is 6.49. The molecule has 0 amide bonds. The van der Waals surface area contributed by atoms with Crippen molar-refractivity contribution in [2.24, 2.45) is 7.05 Å². The van der Waals surface area contributed by atoms with E-state index < -0.39 is 0 Å². The minimum absolute atomic E-state index is 0.810. The topological polar surface area (TPSA) is 27.5 Å². The molecule has 1 aliphatic carbocycles. The van der Waals surface area contributed by atoms with Crippen LogP contribution >= 0.6 is 0 Å². The fraction of sp³-hybridized carbons (Fsp3) is 0.842. The number of aryl methyl sites for hydroxylation is 1. The Kier molecular flexibility index (Phi) is 5.20. The van der Waals surface area contributed by atoms with Crippen molar-refractivity contribution in [3.05, 3.63) is 18.2 Å². The maximum Gasteiger partial charge on any atom is 0.0945 e. The lowest BCUT2D eigenvalue weighted by Crippen LogP contribution is -2.63. The lowest BCUT2D eigenvalue weighted by molar-refractivity contribution is -0.00674. The van der Waals surface area contributed by atoms with Crippen LogP contribution in [0.2, 0.25) is 0 Å². The summed E-state index contributed by atoms with van der Waals surface area (Å²) in [5, 5.41) is 0. The largest absolute Gasteiger partial charge is 0.338 e. The Bertz CT molecular complexity index is 508. The second kappa shape index (κ2) is 7.54. The maximum absolute atomic E-state index is 4.21. The molecule has 0 unspecified atom stereocenters. The van der Waals surface area contributed by atoms with Crippen molar-refractivity contribution in [1.82, 2.24) is 24.3 Å². The van der Waals surface area contributed by atoms with Gasteiger partial charge in [-0.1, -0.05) is 19.3 Å². The Labute approximate surface area is 146 Å². The van der Waals surface area contributed by atoms with E-state index >= 15 is 0 Å². The van der Waals surface area contributed by atoms with Crippen LogP contribution in [0.3, 0.4) is 0 Å². The van der Waals surface area contributed by atoms with E-state index in [0.29, 0.717) is 0 Å². The van der Waals surface area contributed by atoms with Gasteiger partial charge in [-0.3, -0.25) is 14.7 Å². The van der Waals surface area contributed by atoms with Crippen molar-refractivity contribution >= 4 is 0 Å². The zero-order chi connectivity index (χ0) is 16.4. The highest BCUT2D eigenvalue weighted by atomic mass is 15.4. The molecule has 134 valence electrons. The second-order valence-electron chi connectivity index (χ2n) is 8.02. The molecule has 2 aliphatic heterocycles. The van der Waals surface area contributed by atoms with Crippen LogP contribution in [-0.2, 0) is 13.5 Å². The number of rotatable bonds is 5. The SMILES string of the molecule is Cn1cncc1CCN1CC(N2CCN(C3CCCCC3)CC2)C1. The Morgan fingerprint density at radius 2 is 1.62 bits per heavy atom. The molecule has 5 heteroatoms. The van der Waals surface area contributed by atoms with Crippen molar-refractivity contribution in [1.29, 1.82) is 0 Å². The number of aromatic nitrogens is 2. The average molecular weight is 332 g/mol. The highest BCUT2D eigenvalue weighted by molar-refractivity contribution is 5.00. The summed E-state index contributed by atoms with van der Waals surface area (Å²) < 4.78 is 2.14. The first-order valence-electron chi connectivity index (χ1n) is 9.95. The summed E-state index contributed by atoms with van der Waals surface area (Å²) in [6.45, 7) is 8.89. The molecule has 0 N–H and O–H groups in total. The number of piperazine rings is 1. The van der Waals surface area contributed by atoms with Gasteiger partial charge >= 0.3 is 0 Å². The molecular formula is C19H33N5. The summed E-state index contributed by atoms with van der Waals surface area (Å²) in [6.07, 6.45) is 12.3. The molecule has 4 rings (SSSR count). The summed E-state index contributed by atoms with van der Waals surface area (Å²) >= 11 is 0. The van der Waals surface area contributed by atoms with Gasteiger partial charge in [0.25, 0.3) is 0 Å². The molecule has 0 atom stereocenters. The van der Waals surface area contributed by atoms with E-state index in [1.807, 2.05) is 12.5 Å². The normalized spacial score (nSPS) is 25.9. The van der Waals surface area contributed by atoms with Crippen molar-refractivity contribution in [3.63, 3.8) is 0 Å². The van der Waals surface area contributed by atoms with Crippen LogP contribution < -0.4 is 0 Å². The summed E-state index contributed by atoms with van der Waals surface area (Å²) in [5.74, 6) is 0. The summed E-state index contributed by atoms with van der Waals surface area (Å²) in [6, 6.07) is 1.71. The van der Waals surface area contributed by atoms with Gasteiger partial charge in [0, 0.05) is 83.3 Å². The minimum atomic E-state index is 0.810. The standard InChI is InChI=1S/C19H33N5/c1-21-16-20-13-18(21)7-8-22-14-19(15-22)24-11-9-23(10-12-24)17-5-3-2-4-6-17/h13,16-17,19H,2-12,14-15H2,1H3. The van der Waals surface area contributed by atoms with Crippen LogP contribution in [0.15, 0.2) is 12.5 Å². The molecule has 5 nitrogen and oxygen atoms in total. The third-order valence-corrected chi connectivity index (χ3v) is 6.49. The quantitative estimate of drug-likeness (QED) is 0.819. The van der Waals surface area contributed by atoms with E-state index in [0.717, 1.165) is 18.5 Å². The second-order valence-corrected chi connectivity index (χ2v) is 8.02. The van der Waals surface area contributed by atoms with Crippen molar-refractivity contribution in [2.75, 3.05) is 45.8 Å². The summed E-state index contributed by atoms with van der Waals surface area (Å²) in [5.41, 5.74) is 1.35. The first kappa shape index (κ1) is 16.6. The highest BCUT2D eigenvalue weighted by Gasteiger charge is 2.34. The van der Waals surface area contributed by atoms with E-state index in [-0.39, 0.29) is 0 Å². The van der Waals surface area contributed by atoms with Gasteiger partial charge < -0.3 is 4.57 Å². The van der Waals surface area contributed by atoms with E-state index in [2.05, 4.69) is 31.3 Å². The molecule has 0 radical (unpaired) electrons. The first-order chi connectivity index (χ1) is 11.8. The van der Waals surface area contributed by atoms with Gasteiger partial charge in [0.2, 0.25) is 0 Å². The van der Waals surface area contributed by atoms with E-state index in [1.165, 1.54) is 83.6 Å². The zero-order valence-electron chi connectivity index (χ0n) is 15.2. The molecule has 1 aromatic rings.